The zero-order chi connectivity index (χ0) is 11.9. The zero-order valence-corrected chi connectivity index (χ0v) is 10.2. The van der Waals surface area contributed by atoms with Crippen LogP contribution < -0.4 is 5.32 Å². The molecule has 1 aliphatic carbocycles. The van der Waals surface area contributed by atoms with Crippen molar-refractivity contribution >= 4 is 11.8 Å². The predicted octanol–water partition coefficient (Wildman–Crippen LogP) is 1.66. The summed E-state index contributed by atoms with van der Waals surface area (Å²) in [5.74, 6) is 0.182. The number of aliphatic carboxylic acids is 1. The molecule has 2 aliphatic rings. The predicted molar refractivity (Wildman–Crippen MR) is 62.6 cm³/mol. The first-order chi connectivity index (χ1) is 7.38. The second kappa shape index (κ2) is 3.75. The van der Waals surface area contributed by atoms with Crippen LogP contribution in [-0.2, 0) is 4.79 Å². The van der Waals surface area contributed by atoms with Crippen LogP contribution in [0.2, 0.25) is 0 Å². The number of aliphatic imine (C=N–C) groups is 1. The third-order valence-corrected chi connectivity index (χ3v) is 3.49. The van der Waals surface area contributed by atoms with Crippen molar-refractivity contribution < 1.29 is 9.90 Å². The molecule has 3 atom stereocenters. The van der Waals surface area contributed by atoms with E-state index in [1.165, 1.54) is 0 Å². The Kier molecular flexibility index (Phi) is 2.68. The number of nitrogens with one attached hydrogen (secondary N) is 1. The fraction of sp³-hybridized carbons (Fsp3) is 0.833. The van der Waals surface area contributed by atoms with E-state index in [1.807, 2.05) is 0 Å². The Labute approximate surface area is 96.1 Å². The standard InChI is InChI=1S/C12H20N2O2/c1-12(2,3)11-13-8-5-4-7(10(15)16)6-9(8)14-11/h7-9H,4-6H2,1-3H3,(H,13,14)(H,15,16). The second-order valence-electron chi connectivity index (χ2n) is 5.89. The quantitative estimate of drug-likeness (QED) is 0.712. The van der Waals surface area contributed by atoms with Gasteiger partial charge in [-0.05, 0) is 19.3 Å². The maximum absolute atomic E-state index is 11.0. The van der Waals surface area contributed by atoms with Gasteiger partial charge in [0.1, 0.15) is 5.84 Å². The van der Waals surface area contributed by atoms with Gasteiger partial charge in [0.25, 0.3) is 0 Å². The van der Waals surface area contributed by atoms with E-state index < -0.39 is 5.97 Å². The van der Waals surface area contributed by atoms with Crippen LogP contribution >= 0.6 is 0 Å². The molecule has 0 aromatic carbocycles. The van der Waals surface area contributed by atoms with Gasteiger partial charge in [-0.2, -0.15) is 0 Å². The van der Waals surface area contributed by atoms with Crippen LogP contribution in [0.25, 0.3) is 0 Å². The van der Waals surface area contributed by atoms with Crippen molar-refractivity contribution in [2.24, 2.45) is 16.3 Å². The zero-order valence-electron chi connectivity index (χ0n) is 10.2. The number of hydrogen-bond acceptors (Lipinski definition) is 3. The largest absolute Gasteiger partial charge is 0.481 e. The molecule has 0 bridgehead atoms. The van der Waals surface area contributed by atoms with Crippen LogP contribution in [0.15, 0.2) is 4.99 Å². The number of carboxylic acids is 1. The summed E-state index contributed by atoms with van der Waals surface area (Å²) in [7, 11) is 0. The highest BCUT2D eigenvalue weighted by Gasteiger charge is 2.39. The van der Waals surface area contributed by atoms with Gasteiger partial charge in [0, 0.05) is 5.41 Å². The number of rotatable bonds is 1. The summed E-state index contributed by atoms with van der Waals surface area (Å²) in [6.07, 6.45) is 2.37. The third-order valence-electron chi connectivity index (χ3n) is 3.49. The molecular formula is C12H20N2O2. The lowest BCUT2D eigenvalue weighted by atomic mass is 9.83. The molecule has 0 aromatic rings. The van der Waals surface area contributed by atoms with Gasteiger partial charge >= 0.3 is 5.97 Å². The summed E-state index contributed by atoms with van der Waals surface area (Å²) < 4.78 is 0. The lowest BCUT2D eigenvalue weighted by Crippen LogP contribution is -2.43. The van der Waals surface area contributed by atoms with E-state index in [0.29, 0.717) is 12.5 Å². The monoisotopic (exact) mass is 224 g/mol. The van der Waals surface area contributed by atoms with E-state index in [1.54, 1.807) is 0 Å². The van der Waals surface area contributed by atoms with E-state index in [0.717, 1.165) is 18.7 Å². The van der Waals surface area contributed by atoms with E-state index >= 15 is 0 Å². The highest BCUT2D eigenvalue weighted by molar-refractivity contribution is 5.89. The molecular weight excluding hydrogens is 204 g/mol. The Morgan fingerprint density at radius 2 is 2.12 bits per heavy atom. The third kappa shape index (κ3) is 2.06. The summed E-state index contributed by atoms with van der Waals surface area (Å²) in [6.45, 7) is 6.39. The topological polar surface area (TPSA) is 61.7 Å². The number of amidine groups is 1. The van der Waals surface area contributed by atoms with Crippen molar-refractivity contribution in [3.8, 4) is 0 Å². The van der Waals surface area contributed by atoms with Gasteiger partial charge in [-0.3, -0.25) is 9.79 Å². The minimum absolute atomic E-state index is 0.0378. The number of fused-ring (bicyclic) bond motifs is 1. The van der Waals surface area contributed by atoms with Gasteiger partial charge in [-0.15, -0.1) is 0 Å². The Morgan fingerprint density at radius 1 is 1.44 bits per heavy atom. The maximum atomic E-state index is 11.0. The van der Waals surface area contributed by atoms with Crippen molar-refractivity contribution in [1.82, 2.24) is 5.32 Å². The number of nitrogens with zero attached hydrogens (tertiary/aromatic N) is 1. The molecule has 16 heavy (non-hydrogen) atoms. The minimum atomic E-state index is -0.663. The van der Waals surface area contributed by atoms with Gasteiger partial charge in [0.15, 0.2) is 0 Å². The Hall–Kier alpha value is -1.06. The van der Waals surface area contributed by atoms with Crippen LogP contribution in [0.3, 0.4) is 0 Å². The van der Waals surface area contributed by atoms with Crippen LogP contribution in [0.4, 0.5) is 0 Å². The van der Waals surface area contributed by atoms with Gasteiger partial charge in [-0.1, -0.05) is 20.8 Å². The molecule has 4 nitrogen and oxygen atoms in total. The van der Waals surface area contributed by atoms with Gasteiger partial charge in [0.2, 0.25) is 0 Å². The van der Waals surface area contributed by atoms with Crippen molar-refractivity contribution in [3.05, 3.63) is 0 Å². The number of hydrogen-bond donors (Lipinski definition) is 2. The summed E-state index contributed by atoms with van der Waals surface area (Å²) in [4.78, 5) is 15.6. The van der Waals surface area contributed by atoms with Crippen molar-refractivity contribution in [1.29, 1.82) is 0 Å². The summed E-state index contributed by atoms with van der Waals surface area (Å²) >= 11 is 0. The number of carboxylic acid groups (broad SMARTS) is 1. The molecule has 2 rings (SSSR count). The lowest BCUT2D eigenvalue weighted by molar-refractivity contribution is -0.143. The molecule has 2 N–H and O–H groups in total. The molecule has 0 saturated heterocycles. The smallest absolute Gasteiger partial charge is 0.306 e. The molecule has 1 aliphatic heterocycles. The normalized spacial score (nSPS) is 33.9. The van der Waals surface area contributed by atoms with Gasteiger partial charge in [0.05, 0.1) is 18.0 Å². The molecule has 0 spiro atoms. The minimum Gasteiger partial charge on any atom is -0.481 e. The second-order valence-corrected chi connectivity index (χ2v) is 5.89. The van der Waals surface area contributed by atoms with Crippen molar-refractivity contribution in [3.63, 3.8) is 0 Å². The van der Waals surface area contributed by atoms with Crippen LogP contribution in [0, 0.1) is 11.3 Å². The Morgan fingerprint density at radius 3 is 2.69 bits per heavy atom. The molecule has 4 heteroatoms. The van der Waals surface area contributed by atoms with Crippen LogP contribution in [0.1, 0.15) is 40.0 Å². The molecule has 1 saturated carbocycles. The van der Waals surface area contributed by atoms with E-state index in [9.17, 15) is 4.79 Å². The first kappa shape index (κ1) is 11.4. The Balaban J connectivity index is 2.05. The average Bonchev–Trinajstić information content (AvgIpc) is 2.58. The van der Waals surface area contributed by atoms with Crippen molar-refractivity contribution in [2.45, 2.75) is 52.1 Å². The fourth-order valence-electron chi connectivity index (χ4n) is 2.48. The van der Waals surface area contributed by atoms with Crippen LogP contribution in [0.5, 0.6) is 0 Å². The summed E-state index contributed by atoms with van der Waals surface area (Å²) in [5, 5.41) is 12.4. The van der Waals surface area contributed by atoms with Crippen molar-refractivity contribution in [2.75, 3.05) is 0 Å². The summed E-state index contributed by atoms with van der Waals surface area (Å²) in [5.41, 5.74) is 0.0378. The van der Waals surface area contributed by atoms with E-state index in [2.05, 4.69) is 31.1 Å². The average molecular weight is 224 g/mol. The maximum Gasteiger partial charge on any atom is 0.306 e. The summed E-state index contributed by atoms with van der Waals surface area (Å²) in [6, 6.07) is 0.536. The molecule has 3 unspecified atom stereocenters. The SMILES string of the molecule is CC(C)(C)C1=NC2CCC(C(=O)O)CC2N1. The Bertz CT molecular complexity index is 330. The molecule has 90 valence electrons. The first-order valence-corrected chi connectivity index (χ1v) is 5.95. The van der Waals surface area contributed by atoms with E-state index in [-0.39, 0.29) is 17.4 Å². The fourth-order valence-corrected chi connectivity index (χ4v) is 2.48. The molecule has 0 amide bonds. The highest BCUT2D eigenvalue weighted by atomic mass is 16.4. The molecule has 1 heterocycles. The van der Waals surface area contributed by atoms with E-state index in [4.69, 9.17) is 5.11 Å². The molecule has 1 fully saturated rings. The molecule has 0 radical (unpaired) electrons. The van der Waals surface area contributed by atoms with Gasteiger partial charge < -0.3 is 10.4 Å². The van der Waals surface area contributed by atoms with Crippen LogP contribution in [-0.4, -0.2) is 29.0 Å². The number of carbonyl (C=O) groups is 1. The molecule has 0 aromatic heterocycles. The first-order valence-electron chi connectivity index (χ1n) is 5.95. The highest BCUT2D eigenvalue weighted by Crippen LogP contribution is 2.32. The van der Waals surface area contributed by atoms with Gasteiger partial charge in [-0.25, -0.2) is 0 Å². The lowest BCUT2D eigenvalue weighted by Gasteiger charge is -2.28.